The SMILES string of the molecule is CN1CCCC2(CCN(C(=O)OC(C)(C)C)CC2)C1=O. The van der Waals surface area contributed by atoms with Crippen LogP contribution in [0.5, 0.6) is 0 Å². The maximum atomic E-state index is 12.4. The van der Waals surface area contributed by atoms with Crippen molar-refractivity contribution in [3.8, 4) is 0 Å². The predicted octanol–water partition coefficient (Wildman–Crippen LogP) is 2.26. The van der Waals surface area contributed by atoms with Crippen molar-refractivity contribution in [2.45, 2.75) is 52.1 Å². The molecule has 2 heterocycles. The van der Waals surface area contributed by atoms with Crippen LogP contribution in [-0.4, -0.2) is 54.1 Å². The fourth-order valence-electron chi connectivity index (χ4n) is 3.18. The molecule has 5 nitrogen and oxygen atoms in total. The van der Waals surface area contributed by atoms with Crippen molar-refractivity contribution in [2.75, 3.05) is 26.7 Å². The molecule has 2 rings (SSSR count). The highest BCUT2D eigenvalue weighted by atomic mass is 16.6. The molecule has 0 atom stereocenters. The van der Waals surface area contributed by atoms with Crippen molar-refractivity contribution in [1.82, 2.24) is 9.80 Å². The minimum atomic E-state index is -0.465. The first-order valence-corrected chi connectivity index (χ1v) is 7.47. The number of likely N-dealkylation sites (tertiary alicyclic amines) is 2. The zero-order valence-electron chi connectivity index (χ0n) is 13.1. The highest BCUT2D eigenvalue weighted by Gasteiger charge is 2.45. The normalized spacial score (nSPS) is 23.1. The third-order valence-corrected chi connectivity index (χ3v) is 4.32. The Labute approximate surface area is 121 Å². The smallest absolute Gasteiger partial charge is 0.410 e. The number of hydrogen-bond donors (Lipinski definition) is 0. The predicted molar refractivity (Wildman–Crippen MR) is 76.3 cm³/mol. The largest absolute Gasteiger partial charge is 0.444 e. The van der Waals surface area contributed by atoms with Gasteiger partial charge in [-0.25, -0.2) is 4.79 Å². The average molecular weight is 282 g/mol. The molecule has 0 aromatic carbocycles. The lowest BCUT2D eigenvalue weighted by Gasteiger charge is -2.45. The number of ether oxygens (including phenoxy) is 1. The fourth-order valence-corrected chi connectivity index (χ4v) is 3.18. The highest BCUT2D eigenvalue weighted by molar-refractivity contribution is 5.83. The summed E-state index contributed by atoms with van der Waals surface area (Å²) in [4.78, 5) is 28.0. The van der Waals surface area contributed by atoms with Crippen LogP contribution in [0.2, 0.25) is 0 Å². The van der Waals surface area contributed by atoms with Crippen molar-refractivity contribution >= 4 is 12.0 Å². The Balaban J connectivity index is 1.95. The summed E-state index contributed by atoms with van der Waals surface area (Å²) >= 11 is 0. The molecule has 0 radical (unpaired) electrons. The maximum absolute atomic E-state index is 12.4. The summed E-state index contributed by atoms with van der Waals surface area (Å²) in [6.45, 7) is 7.71. The Morgan fingerprint density at radius 2 is 1.75 bits per heavy atom. The van der Waals surface area contributed by atoms with Crippen LogP contribution in [0.3, 0.4) is 0 Å². The molecule has 0 aromatic heterocycles. The van der Waals surface area contributed by atoms with Gasteiger partial charge in [-0.1, -0.05) is 0 Å². The average Bonchev–Trinajstić information content (AvgIpc) is 2.35. The molecule has 0 saturated carbocycles. The van der Waals surface area contributed by atoms with E-state index in [0.29, 0.717) is 13.1 Å². The van der Waals surface area contributed by atoms with Gasteiger partial charge >= 0.3 is 6.09 Å². The van der Waals surface area contributed by atoms with Crippen LogP contribution in [0, 0.1) is 5.41 Å². The summed E-state index contributed by atoms with van der Waals surface area (Å²) < 4.78 is 5.39. The Morgan fingerprint density at radius 1 is 1.15 bits per heavy atom. The summed E-state index contributed by atoms with van der Waals surface area (Å²) in [5, 5.41) is 0. The summed E-state index contributed by atoms with van der Waals surface area (Å²) in [6.07, 6.45) is 3.28. The minimum absolute atomic E-state index is 0.231. The molecule has 1 spiro atoms. The summed E-state index contributed by atoms with van der Waals surface area (Å²) in [5.74, 6) is 0.257. The van der Waals surface area contributed by atoms with E-state index < -0.39 is 5.60 Å². The second kappa shape index (κ2) is 5.26. The quantitative estimate of drug-likeness (QED) is 0.685. The zero-order valence-corrected chi connectivity index (χ0v) is 13.1. The Kier molecular flexibility index (Phi) is 3.98. The fraction of sp³-hybridized carbons (Fsp3) is 0.867. The number of amides is 2. The topological polar surface area (TPSA) is 49.9 Å². The molecule has 0 aliphatic carbocycles. The number of nitrogens with zero attached hydrogens (tertiary/aromatic N) is 2. The van der Waals surface area contributed by atoms with E-state index in [2.05, 4.69) is 0 Å². The Bertz CT molecular complexity index is 392. The van der Waals surface area contributed by atoms with Gasteiger partial charge in [-0.05, 0) is 46.5 Å². The third-order valence-electron chi connectivity index (χ3n) is 4.32. The van der Waals surface area contributed by atoms with Crippen molar-refractivity contribution in [1.29, 1.82) is 0 Å². The first-order chi connectivity index (χ1) is 9.23. The number of rotatable bonds is 0. The van der Waals surface area contributed by atoms with Crippen molar-refractivity contribution in [3.63, 3.8) is 0 Å². The van der Waals surface area contributed by atoms with Crippen LogP contribution in [0.4, 0.5) is 4.79 Å². The van der Waals surface area contributed by atoms with E-state index in [1.807, 2.05) is 32.7 Å². The van der Waals surface area contributed by atoms with Crippen molar-refractivity contribution in [3.05, 3.63) is 0 Å². The van der Waals surface area contributed by atoms with Crippen LogP contribution < -0.4 is 0 Å². The lowest BCUT2D eigenvalue weighted by atomic mass is 9.72. The summed E-state index contributed by atoms with van der Waals surface area (Å²) in [5.41, 5.74) is -0.696. The highest BCUT2D eigenvalue weighted by Crippen LogP contribution is 2.40. The molecule has 2 aliphatic rings. The van der Waals surface area contributed by atoms with Gasteiger partial charge in [-0.2, -0.15) is 0 Å². The van der Waals surface area contributed by atoms with E-state index in [0.717, 1.165) is 32.2 Å². The molecule has 0 aromatic rings. The first-order valence-electron chi connectivity index (χ1n) is 7.47. The Morgan fingerprint density at radius 3 is 2.30 bits per heavy atom. The van der Waals surface area contributed by atoms with Gasteiger partial charge in [-0.3, -0.25) is 4.79 Å². The molecule has 114 valence electrons. The van der Waals surface area contributed by atoms with Crippen LogP contribution in [0.15, 0.2) is 0 Å². The van der Waals surface area contributed by atoms with E-state index in [1.165, 1.54) is 0 Å². The van der Waals surface area contributed by atoms with Gasteiger partial charge in [0.2, 0.25) is 5.91 Å². The molecule has 2 fully saturated rings. The van der Waals surface area contributed by atoms with Gasteiger partial charge in [0.05, 0.1) is 5.41 Å². The molecule has 2 aliphatic heterocycles. The van der Waals surface area contributed by atoms with E-state index in [9.17, 15) is 9.59 Å². The van der Waals surface area contributed by atoms with E-state index in [1.54, 1.807) is 4.90 Å². The maximum Gasteiger partial charge on any atom is 0.410 e. The Hall–Kier alpha value is -1.26. The van der Waals surface area contributed by atoms with Crippen LogP contribution >= 0.6 is 0 Å². The first kappa shape index (κ1) is 15.1. The van der Waals surface area contributed by atoms with Crippen molar-refractivity contribution < 1.29 is 14.3 Å². The molecular formula is C15H26N2O3. The third kappa shape index (κ3) is 3.07. The molecular weight excluding hydrogens is 256 g/mol. The monoisotopic (exact) mass is 282 g/mol. The summed E-state index contributed by atoms with van der Waals surface area (Å²) in [7, 11) is 1.88. The van der Waals surface area contributed by atoms with Crippen LogP contribution in [0.1, 0.15) is 46.5 Å². The lowest BCUT2D eigenvalue weighted by Crippen LogP contribution is -2.53. The van der Waals surface area contributed by atoms with Gasteiger partial charge in [0.15, 0.2) is 0 Å². The lowest BCUT2D eigenvalue weighted by molar-refractivity contribution is -0.148. The molecule has 0 unspecified atom stereocenters. The van der Waals surface area contributed by atoms with Crippen LogP contribution in [-0.2, 0) is 9.53 Å². The second-order valence-electron chi connectivity index (χ2n) is 7.08. The van der Waals surface area contributed by atoms with Gasteiger partial charge in [0.25, 0.3) is 0 Å². The standard InChI is InChI=1S/C15H26N2O3/c1-14(2,3)20-13(19)17-10-7-15(8-11-17)6-5-9-16(4)12(15)18/h5-11H2,1-4H3. The van der Waals surface area contributed by atoms with E-state index in [-0.39, 0.29) is 17.4 Å². The van der Waals surface area contributed by atoms with E-state index >= 15 is 0 Å². The van der Waals surface area contributed by atoms with Gasteiger partial charge in [0.1, 0.15) is 5.60 Å². The molecule has 5 heteroatoms. The molecule has 0 bridgehead atoms. The summed E-state index contributed by atoms with van der Waals surface area (Å²) in [6, 6.07) is 0. The molecule has 0 N–H and O–H groups in total. The van der Waals surface area contributed by atoms with Gasteiger partial charge in [0, 0.05) is 26.7 Å². The van der Waals surface area contributed by atoms with E-state index in [4.69, 9.17) is 4.74 Å². The van der Waals surface area contributed by atoms with Crippen molar-refractivity contribution in [2.24, 2.45) is 5.41 Å². The minimum Gasteiger partial charge on any atom is -0.444 e. The molecule has 2 saturated heterocycles. The zero-order chi connectivity index (χ0) is 15.0. The molecule has 20 heavy (non-hydrogen) atoms. The van der Waals surface area contributed by atoms with Crippen LogP contribution in [0.25, 0.3) is 0 Å². The number of carbonyl (C=O) groups is 2. The van der Waals surface area contributed by atoms with Gasteiger partial charge in [-0.15, -0.1) is 0 Å². The second-order valence-corrected chi connectivity index (χ2v) is 7.08. The number of carbonyl (C=O) groups excluding carboxylic acids is 2. The van der Waals surface area contributed by atoms with Gasteiger partial charge < -0.3 is 14.5 Å². The molecule has 2 amide bonds. The number of hydrogen-bond acceptors (Lipinski definition) is 3. The number of piperidine rings is 2.